The molecule has 0 saturated heterocycles. The van der Waals surface area contributed by atoms with Gasteiger partial charge in [-0.2, -0.15) is 5.26 Å². The molecule has 0 aliphatic rings. The van der Waals surface area contributed by atoms with Gasteiger partial charge in [0.15, 0.2) is 0 Å². The minimum atomic E-state index is -1.11. The zero-order chi connectivity index (χ0) is 22.2. The van der Waals surface area contributed by atoms with Crippen LogP contribution in [0, 0.1) is 11.3 Å². The number of rotatable bonds is 7. The van der Waals surface area contributed by atoms with Crippen molar-refractivity contribution in [3.8, 4) is 11.8 Å². The molecule has 0 radical (unpaired) electrons. The molecule has 0 spiro atoms. The third kappa shape index (κ3) is 5.72. The van der Waals surface area contributed by atoms with Crippen LogP contribution < -0.4 is 10.1 Å². The minimum absolute atomic E-state index is 0.0265. The van der Waals surface area contributed by atoms with Crippen molar-refractivity contribution in [2.45, 2.75) is 6.61 Å². The lowest BCUT2D eigenvalue weighted by Gasteiger charge is -2.11. The summed E-state index contributed by atoms with van der Waals surface area (Å²) in [5, 5.41) is 21.7. The number of nitrogens with zero attached hydrogens (tertiary/aromatic N) is 1. The van der Waals surface area contributed by atoms with Crippen LogP contribution >= 0.6 is 11.6 Å². The predicted octanol–water partition coefficient (Wildman–Crippen LogP) is 5.16. The van der Waals surface area contributed by atoms with E-state index < -0.39 is 11.9 Å². The number of benzene rings is 3. The number of carboxylic acids is 1. The molecule has 2 N–H and O–H groups in total. The number of aromatic carboxylic acids is 1. The Hall–Kier alpha value is -4.08. The van der Waals surface area contributed by atoms with E-state index in [9.17, 15) is 14.9 Å². The highest BCUT2D eigenvalue weighted by Crippen LogP contribution is 2.24. The number of amides is 1. The summed E-state index contributed by atoms with van der Waals surface area (Å²) < 4.78 is 5.85. The number of carbonyl (C=O) groups excluding carboxylic acids is 1. The summed E-state index contributed by atoms with van der Waals surface area (Å²) in [6.07, 6.45) is 1.41. The monoisotopic (exact) mass is 432 g/mol. The molecule has 6 nitrogen and oxygen atoms in total. The fraction of sp³-hybridized carbons (Fsp3) is 0.0417. The van der Waals surface area contributed by atoms with E-state index in [1.165, 1.54) is 24.3 Å². The number of hydrogen-bond acceptors (Lipinski definition) is 4. The summed E-state index contributed by atoms with van der Waals surface area (Å²) >= 11 is 6.16. The minimum Gasteiger partial charge on any atom is -0.488 e. The smallest absolute Gasteiger partial charge is 0.335 e. The second-order valence-electron chi connectivity index (χ2n) is 6.43. The van der Waals surface area contributed by atoms with Crippen molar-refractivity contribution >= 4 is 35.2 Å². The third-order valence-electron chi connectivity index (χ3n) is 4.29. The summed E-state index contributed by atoms with van der Waals surface area (Å²) in [6, 6.07) is 21.9. The molecule has 0 unspecified atom stereocenters. The van der Waals surface area contributed by atoms with Gasteiger partial charge in [-0.1, -0.05) is 54.1 Å². The molecule has 3 rings (SSSR count). The molecular weight excluding hydrogens is 416 g/mol. The van der Waals surface area contributed by atoms with Crippen molar-refractivity contribution in [1.82, 2.24) is 0 Å². The van der Waals surface area contributed by atoms with Crippen LogP contribution in [0.5, 0.6) is 5.75 Å². The third-order valence-corrected chi connectivity index (χ3v) is 4.66. The van der Waals surface area contributed by atoms with Gasteiger partial charge in [-0.15, -0.1) is 0 Å². The molecule has 0 saturated carbocycles. The number of nitriles is 1. The van der Waals surface area contributed by atoms with Gasteiger partial charge in [0, 0.05) is 21.8 Å². The van der Waals surface area contributed by atoms with E-state index >= 15 is 0 Å². The van der Waals surface area contributed by atoms with E-state index in [1.54, 1.807) is 36.4 Å². The van der Waals surface area contributed by atoms with Gasteiger partial charge < -0.3 is 15.2 Å². The largest absolute Gasteiger partial charge is 0.488 e. The molecule has 0 aromatic heterocycles. The number of para-hydroxylation sites is 1. The quantitative estimate of drug-likeness (QED) is 0.396. The van der Waals surface area contributed by atoms with E-state index in [0.717, 1.165) is 5.56 Å². The topological polar surface area (TPSA) is 99.4 Å². The van der Waals surface area contributed by atoms with Gasteiger partial charge in [-0.05, 0) is 36.4 Å². The summed E-state index contributed by atoms with van der Waals surface area (Å²) in [6.45, 7) is 0.223. The van der Waals surface area contributed by atoms with Crippen molar-refractivity contribution in [2.24, 2.45) is 0 Å². The van der Waals surface area contributed by atoms with Gasteiger partial charge in [0.2, 0.25) is 0 Å². The second kappa shape index (κ2) is 10.1. The molecule has 0 aliphatic carbocycles. The van der Waals surface area contributed by atoms with E-state index in [2.05, 4.69) is 5.32 Å². The maximum atomic E-state index is 12.6. The van der Waals surface area contributed by atoms with E-state index in [-0.39, 0.29) is 23.4 Å². The Kier molecular flexibility index (Phi) is 7.05. The lowest BCUT2D eigenvalue weighted by molar-refractivity contribution is -0.112. The Morgan fingerprint density at radius 3 is 2.55 bits per heavy atom. The SMILES string of the molecule is N#C/C(=C/c1ccccc1OCc1ccccc1Cl)C(=O)Nc1cccc(C(=O)O)c1. The zero-order valence-corrected chi connectivity index (χ0v) is 17.0. The Bertz CT molecular complexity index is 1200. The lowest BCUT2D eigenvalue weighted by atomic mass is 10.1. The molecule has 3 aromatic carbocycles. The lowest BCUT2D eigenvalue weighted by Crippen LogP contribution is -2.14. The van der Waals surface area contributed by atoms with Gasteiger partial charge >= 0.3 is 5.97 Å². The Morgan fingerprint density at radius 1 is 1.06 bits per heavy atom. The summed E-state index contributed by atoms with van der Waals surface area (Å²) in [5.41, 5.74) is 1.49. The van der Waals surface area contributed by atoms with Crippen molar-refractivity contribution in [2.75, 3.05) is 5.32 Å². The van der Waals surface area contributed by atoms with Gasteiger partial charge in [-0.25, -0.2) is 4.79 Å². The molecule has 154 valence electrons. The molecular formula is C24H17ClN2O4. The highest BCUT2D eigenvalue weighted by atomic mass is 35.5. The number of anilines is 1. The van der Waals surface area contributed by atoms with Crippen molar-refractivity contribution in [3.05, 3.63) is 100 Å². The van der Waals surface area contributed by atoms with E-state index in [4.69, 9.17) is 21.4 Å². The number of carboxylic acid groups (broad SMARTS) is 1. The van der Waals surface area contributed by atoms with Gasteiger partial charge in [0.1, 0.15) is 24.0 Å². The Labute approximate surface area is 184 Å². The van der Waals surface area contributed by atoms with Crippen LogP contribution in [0.2, 0.25) is 5.02 Å². The average Bonchev–Trinajstić information content (AvgIpc) is 2.77. The van der Waals surface area contributed by atoms with Crippen molar-refractivity contribution < 1.29 is 19.4 Å². The maximum Gasteiger partial charge on any atom is 0.335 e. The number of ether oxygens (including phenoxy) is 1. The number of halogens is 1. The van der Waals surface area contributed by atoms with Gasteiger partial charge in [0.25, 0.3) is 5.91 Å². The first-order valence-electron chi connectivity index (χ1n) is 9.19. The Morgan fingerprint density at radius 2 is 1.81 bits per heavy atom. The van der Waals surface area contributed by atoms with Gasteiger partial charge in [0.05, 0.1) is 5.56 Å². The fourth-order valence-electron chi connectivity index (χ4n) is 2.73. The van der Waals surface area contributed by atoms with Crippen molar-refractivity contribution in [3.63, 3.8) is 0 Å². The molecule has 7 heteroatoms. The zero-order valence-electron chi connectivity index (χ0n) is 16.2. The highest BCUT2D eigenvalue weighted by Gasteiger charge is 2.13. The molecule has 0 fully saturated rings. The molecule has 3 aromatic rings. The molecule has 0 bridgehead atoms. The summed E-state index contributed by atoms with van der Waals surface area (Å²) in [4.78, 5) is 23.7. The predicted molar refractivity (Wildman–Crippen MR) is 118 cm³/mol. The summed E-state index contributed by atoms with van der Waals surface area (Å²) in [7, 11) is 0. The first-order chi connectivity index (χ1) is 15.0. The van der Waals surface area contributed by atoms with Crippen LogP contribution in [0.3, 0.4) is 0 Å². The van der Waals surface area contributed by atoms with Crippen molar-refractivity contribution in [1.29, 1.82) is 5.26 Å². The number of nitrogens with one attached hydrogen (secondary N) is 1. The Balaban J connectivity index is 1.80. The highest BCUT2D eigenvalue weighted by molar-refractivity contribution is 6.31. The first-order valence-corrected chi connectivity index (χ1v) is 9.57. The second-order valence-corrected chi connectivity index (χ2v) is 6.84. The molecule has 0 aliphatic heterocycles. The number of hydrogen-bond donors (Lipinski definition) is 2. The van der Waals surface area contributed by atoms with Crippen LogP contribution in [0.4, 0.5) is 5.69 Å². The molecule has 31 heavy (non-hydrogen) atoms. The molecule has 0 heterocycles. The molecule has 1 amide bonds. The first kappa shape index (κ1) is 21.6. The maximum absolute atomic E-state index is 12.6. The van der Waals surface area contributed by atoms with Crippen LogP contribution in [0.15, 0.2) is 78.4 Å². The van der Waals surface area contributed by atoms with Gasteiger partial charge in [-0.3, -0.25) is 4.79 Å². The van der Waals surface area contributed by atoms with Crippen LogP contribution in [-0.2, 0) is 11.4 Å². The van der Waals surface area contributed by atoms with Crippen LogP contribution in [0.25, 0.3) is 6.08 Å². The summed E-state index contributed by atoms with van der Waals surface area (Å²) in [5.74, 6) is -1.29. The number of carbonyl (C=O) groups is 2. The fourth-order valence-corrected chi connectivity index (χ4v) is 2.92. The van der Waals surface area contributed by atoms with Crippen LogP contribution in [-0.4, -0.2) is 17.0 Å². The van der Waals surface area contributed by atoms with E-state index in [1.807, 2.05) is 24.3 Å². The average molecular weight is 433 g/mol. The standard InChI is InChI=1S/C24H17ClN2O4/c25-21-10-3-1-7-18(21)15-31-22-11-4-2-6-16(22)12-19(14-26)23(28)27-20-9-5-8-17(13-20)24(29)30/h1-13H,15H2,(H,27,28)(H,29,30)/b19-12-. The molecule has 0 atom stereocenters. The van der Waals surface area contributed by atoms with E-state index in [0.29, 0.717) is 16.3 Å². The normalized spacial score (nSPS) is 10.8. The van der Waals surface area contributed by atoms with Crippen LogP contribution in [0.1, 0.15) is 21.5 Å².